The van der Waals surface area contributed by atoms with Gasteiger partial charge in [0.1, 0.15) is 5.82 Å². The number of morpholine rings is 1. The van der Waals surface area contributed by atoms with Gasteiger partial charge in [0.15, 0.2) is 0 Å². The summed E-state index contributed by atoms with van der Waals surface area (Å²) in [6.07, 6.45) is 7.86. The van der Waals surface area contributed by atoms with Crippen LogP contribution in [0.25, 0.3) is 0 Å². The monoisotopic (exact) mass is 376 g/mol. The topological polar surface area (TPSA) is 83.7 Å². The van der Waals surface area contributed by atoms with Crippen LogP contribution in [0.15, 0.2) is 63.2 Å². The van der Waals surface area contributed by atoms with Crippen LogP contribution in [-0.2, 0) is 14.9 Å². The lowest BCUT2D eigenvalue weighted by molar-refractivity contribution is 0.0731. The average molecular weight is 376 g/mol. The number of ether oxygens (including phenoxy) is 1. The van der Waals surface area contributed by atoms with E-state index in [9.17, 15) is 12.8 Å². The number of allylic oxidation sites excluding steroid dienone is 4. The van der Waals surface area contributed by atoms with Gasteiger partial charge < -0.3 is 4.74 Å². The van der Waals surface area contributed by atoms with Gasteiger partial charge in [0.05, 0.1) is 30.9 Å². The van der Waals surface area contributed by atoms with Crippen LogP contribution in [0.1, 0.15) is 5.56 Å². The summed E-state index contributed by atoms with van der Waals surface area (Å²) in [5.74, 6) is -0.314. The largest absolute Gasteiger partial charge is 0.379 e. The molecule has 0 atom stereocenters. The van der Waals surface area contributed by atoms with Crippen molar-refractivity contribution in [2.75, 3.05) is 26.3 Å². The number of nitrogens with zero attached hydrogens (tertiary/aromatic N) is 4. The number of halogens is 1. The molecule has 0 N–H and O–H groups in total. The van der Waals surface area contributed by atoms with Crippen molar-refractivity contribution in [3.05, 3.63) is 60.0 Å². The van der Waals surface area contributed by atoms with Crippen molar-refractivity contribution in [2.24, 2.45) is 14.6 Å². The molecule has 0 spiro atoms. The van der Waals surface area contributed by atoms with E-state index in [1.807, 2.05) is 0 Å². The molecule has 0 unspecified atom stereocenters. The molecule has 26 heavy (non-hydrogen) atoms. The van der Waals surface area contributed by atoms with E-state index in [0.29, 0.717) is 37.7 Å². The van der Waals surface area contributed by atoms with Gasteiger partial charge in [0.2, 0.25) is 0 Å². The highest BCUT2D eigenvalue weighted by molar-refractivity contribution is 7.88. The van der Waals surface area contributed by atoms with Gasteiger partial charge in [-0.1, -0.05) is 12.1 Å². The summed E-state index contributed by atoms with van der Waals surface area (Å²) in [6, 6.07) is 5.86. The quantitative estimate of drug-likeness (QED) is 0.456. The first-order valence-corrected chi connectivity index (χ1v) is 9.33. The van der Waals surface area contributed by atoms with Gasteiger partial charge in [-0.05, 0) is 42.0 Å². The van der Waals surface area contributed by atoms with Gasteiger partial charge in [0.25, 0.3) is 0 Å². The van der Waals surface area contributed by atoms with E-state index >= 15 is 0 Å². The van der Waals surface area contributed by atoms with Crippen LogP contribution in [0.4, 0.5) is 4.39 Å². The zero-order valence-electron chi connectivity index (χ0n) is 13.8. The first-order chi connectivity index (χ1) is 12.5. The third-order valence-electron chi connectivity index (χ3n) is 3.62. The Hall–Kier alpha value is -2.49. The van der Waals surface area contributed by atoms with Crippen molar-refractivity contribution < 1.29 is 17.5 Å². The van der Waals surface area contributed by atoms with Crippen molar-refractivity contribution in [1.29, 1.82) is 0 Å². The first kappa shape index (κ1) is 18.3. The fraction of sp³-hybridized carbons (Fsp3) is 0.235. The molecule has 1 heterocycles. The highest BCUT2D eigenvalue weighted by Gasteiger charge is 2.23. The lowest BCUT2D eigenvalue weighted by atomic mass is 10.1. The van der Waals surface area contributed by atoms with Crippen molar-refractivity contribution in [1.82, 2.24) is 4.31 Å². The molecule has 1 aliphatic heterocycles. The fourth-order valence-corrected chi connectivity index (χ4v) is 3.37. The minimum Gasteiger partial charge on any atom is -0.379 e. The molecule has 1 aliphatic carbocycles. The van der Waals surface area contributed by atoms with E-state index in [1.54, 1.807) is 36.4 Å². The summed E-state index contributed by atoms with van der Waals surface area (Å²) in [6.45, 7) is 1.35. The second kappa shape index (κ2) is 8.26. The summed E-state index contributed by atoms with van der Waals surface area (Å²) in [5, 5.41) is 7.93. The Morgan fingerprint density at radius 3 is 2.27 bits per heavy atom. The van der Waals surface area contributed by atoms with Crippen LogP contribution in [0.3, 0.4) is 0 Å². The smallest absolute Gasteiger partial charge is 0.323 e. The van der Waals surface area contributed by atoms with Gasteiger partial charge in [-0.2, -0.15) is 27.3 Å². The molecule has 1 aromatic carbocycles. The number of hydrogen-bond acceptors (Lipinski definition) is 5. The van der Waals surface area contributed by atoms with Crippen LogP contribution >= 0.6 is 0 Å². The Bertz CT molecular complexity index is 878. The second-order valence-electron chi connectivity index (χ2n) is 5.49. The maximum Gasteiger partial charge on any atom is 0.323 e. The summed E-state index contributed by atoms with van der Waals surface area (Å²) in [7, 11) is -3.72. The highest BCUT2D eigenvalue weighted by Crippen LogP contribution is 2.09. The molecule has 0 saturated carbocycles. The summed E-state index contributed by atoms with van der Waals surface area (Å²) in [4.78, 5) is 0. The molecule has 1 fully saturated rings. The van der Waals surface area contributed by atoms with Crippen LogP contribution in [0, 0.1) is 5.82 Å². The van der Waals surface area contributed by atoms with Crippen LogP contribution in [-0.4, -0.2) is 56.7 Å². The maximum atomic E-state index is 12.8. The molecule has 1 aromatic rings. The SMILES string of the molecule is O=S(=O)(N=C1C=CC(=N/N=C/c2ccc(F)cc2)C=C1)N1CCOCC1. The zero-order valence-corrected chi connectivity index (χ0v) is 14.6. The van der Waals surface area contributed by atoms with Gasteiger partial charge >= 0.3 is 10.2 Å². The summed E-state index contributed by atoms with van der Waals surface area (Å²) in [5.41, 5.74) is 1.59. The molecule has 7 nitrogen and oxygen atoms in total. The van der Waals surface area contributed by atoms with Crippen molar-refractivity contribution in [3.63, 3.8) is 0 Å². The Morgan fingerprint density at radius 2 is 1.62 bits per heavy atom. The predicted molar refractivity (Wildman–Crippen MR) is 98.5 cm³/mol. The number of benzene rings is 1. The molecule has 0 bridgehead atoms. The van der Waals surface area contributed by atoms with Crippen LogP contribution in [0.5, 0.6) is 0 Å². The van der Waals surface area contributed by atoms with E-state index in [2.05, 4.69) is 14.6 Å². The third kappa shape index (κ3) is 5.01. The van der Waals surface area contributed by atoms with Gasteiger partial charge in [-0.25, -0.2) is 4.39 Å². The summed E-state index contributed by atoms with van der Waals surface area (Å²) >= 11 is 0. The van der Waals surface area contributed by atoms with Crippen LogP contribution in [0.2, 0.25) is 0 Å². The molecule has 0 aromatic heterocycles. The Kier molecular flexibility index (Phi) is 5.82. The second-order valence-corrected chi connectivity index (χ2v) is 7.09. The zero-order chi connectivity index (χ0) is 18.4. The molecule has 136 valence electrons. The Balaban J connectivity index is 1.64. The number of rotatable bonds is 4. The molecule has 2 aliphatic rings. The van der Waals surface area contributed by atoms with Gasteiger partial charge in [-0.15, -0.1) is 0 Å². The molecule has 0 amide bonds. The van der Waals surface area contributed by atoms with Crippen molar-refractivity contribution >= 4 is 27.8 Å². The predicted octanol–water partition coefficient (Wildman–Crippen LogP) is 1.74. The van der Waals surface area contributed by atoms with E-state index < -0.39 is 10.2 Å². The standard InChI is InChI=1S/C17H17FN4O3S/c18-15-3-1-14(2-4-15)13-19-20-16-5-7-17(8-6-16)21-26(23,24)22-9-11-25-12-10-22/h1-8,13H,9-12H2/b19-13+,20-16?,21-17?. The normalized spacial score (nSPS) is 18.5. The Morgan fingerprint density at radius 1 is 1.00 bits per heavy atom. The molecule has 0 radical (unpaired) electrons. The number of hydrogen-bond donors (Lipinski definition) is 0. The third-order valence-corrected chi connectivity index (χ3v) is 5.08. The maximum absolute atomic E-state index is 12.8. The van der Waals surface area contributed by atoms with Crippen molar-refractivity contribution in [3.8, 4) is 0 Å². The molecule has 3 rings (SSSR count). The van der Waals surface area contributed by atoms with E-state index in [1.165, 1.54) is 22.7 Å². The first-order valence-electron chi connectivity index (χ1n) is 7.93. The van der Waals surface area contributed by atoms with E-state index in [0.717, 1.165) is 5.56 Å². The lowest BCUT2D eigenvalue weighted by Crippen LogP contribution is -2.39. The molecule has 1 saturated heterocycles. The summed E-state index contributed by atoms with van der Waals surface area (Å²) < 4.78 is 47.5. The van der Waals surface area contributed by atoms with E-state index in [-0.39, 0.29) is 5.82 Å². The minimum absolute atomic E-state index is 0.303. The molecular formula is C17H17FN4O3S. The molecule has 9 heteroatoms. The highest BCUT2D eigenvalue weighted by atomic mass is 32.2. The van der Waals surface area contributed by atoms with Gasteiger partial charge in [-0.3, -0.25) is 0 Å². The van der Waals surface area contributed by atoms with Crippen molar-refractivity contribution in [2.45, 2.75) is 0 Å². The molecular weight excluding hydrogens is 359 g/mol. The average Bonchev–Trinajstić information content (AvgIpc) is 2.65. The van der Waals surface area contributed by atoms with Gasteiger partial charge in [0, 0.05) is 13.1 Å². The minimum atomic E-state index is -3.72. The Labute approximate surface area is 151 Å². The van der Waals surface area contributed by atoms with Crippen LogP contribution < -0.4 is 0 Å². The lowest BCUT2D eigenvalue weighted by Gasteiger charge is -2.23. The van der Waals surface area contributed by atoms with E-state index in [4.69, 9.17) is 4.74 Å². The fourth-order valence-electron chi connectivity index (χ4n) is 2.26.